The predicted molar refractivity (Wildman–Crippen MR) is 77.5 cm³/mol. The minimum absolute atomic E-state index is 0.139. The monoisotopic (exact) mass is 279 g/mol. The van der Waals surface area contributed by atoms with Crippen LogP contribution in [0.4, 0.5) is 5.69 Å². The van der Waals surface area contributed by atoms with Gasteiger partial charge in [-0.1, -0.05) is 6.07 Å². The first kappa shape index (κ1) is 16.0. The van der Waals surface area contributed by atoms with E-state index in [0.717, 1.165) is 0 Å². The molecule has 20 heavy (non-hydrogen) atoms. The van der Waals surface area contributed by atoms with Crippen LogP contribution >= 0.6 is 0 Å². The van der Waals surface area contributed by atoms with Gasteiger partial charge in [0.1, 0.15) is 12.4 Å². The Bertz CT molecular complexity index is 481. The lowest BCUT2D eigenvalue weighted by Crippen LogP contribution is -2.49. The summed E-state index contributed by atoms with van der Waals surface area (Å²) >= 11 is 0. The second-order valence-electron chi connectivity index (χ2n) is 5.04. The molecule has 6 nitrogen and oxygen atoms in total. The minimum atomic E-state index is -0.897. The van der Waals surface area contributed by atoms with Crippen molar-refractivity contribution in [3.63, 3.8) is 0 Å². The van der Waals surface area contributed by atoms with Crippen LogP contribution in [0.3, 0.4) is 0 Å². The van der Waals surface area contributed by atoms with Gasteiger partial charge in [-0.2, -0.15) is 0 Å². The lowest BCUT2D eigenvalue weighted by Gasteiger charge is -2.17. The fourth-order valence-electron chi connectivity index (χ4n) is 1.43. The molecule has 0 radical (unpaired) electrons. The van der Waals surface area contributed by atoms with Gasteiger partial charge in [0.2, 0.25) is 11.8 Å². The average molecular weight is 279 g/mol. The average Bonchev–Trinajstić information content (AvgIpc) is 2.32. The molecule has 0 fully saturated rings. The zero-order chi connectivity index (χ0) is 15.2. The molecule has 0 atom stereocenters. The van der Waals surface area contributed by atoms with Crippen molar-refractivity contribution in [2.45, 2.75) is 26.3 Å². The van der Waals surface area contributed by atoms with Crippen molar-refractivity contribution in [2.24, 2.45) is 5.73 Å². The third-order valence-corrected chi connectivity index (χ3v) is 2.40. The maximum Gasteiger partial charge on any atom is 0.239 e. The van der Waals surface area contributed by atoms with Crippen LogP contribution in [-0.2, 0) is 9.59 Å². The zero-order valence-corrected chi connectivity index (χ0v) is 12.0. The van der Waals surface area contributed by atoms with E-state index >= 15 is 0 Å². The van der Waals surface area contributed by atoms with Crippen LogP contribution in [0.15, 0.2) is 24.3 Å². The quantitative estimate of drug-likeness (QED) is 0.674. The Balaban J connectivity index is 2.39. The maximum atomic E-state index is 11.5. The van der Waals surface area contributed by atoms with E-state index in [1.165, 1.54) is 6.92 Å². The van der Waals surface area contributed by atoms with Crippen LogP contribution in [0.25, 0.3) is 0 Å². The first-order valence-electron chi connectivity index (χ1n) is 6.36. The van der Waals surface area contributed by atoms with Crippen LogP contribution in [-0.4, -0.2) is 30.5 Å². The summed E-state index contributed by atoms with van der Waals surface area (Å²) in [6.07, 6.45) is 0. The summed E-state index contributed by atoms with van der Waals surface area (Å²) in [5, 5.41) is 5.35. The molecular weight excluding hydrogens is 258 g/mol. The smallest absolute Gasteiger partial charge is 0.239 e. The molecule has 0 aliphatic heterocycles. The summed E-state index contributed by atoms with van der Waals surface area (Å²) in [7, 11) is 0. The van der Waals surface area contributed by atoms with Crippen LogP contribution < -0.4 is 21.1 Å². The van der Waals surface area contributed by atoms with Crippen molar-refractivity contribution in [1.82, 2.24) is 5.32 Å². The van der Waals surface area contributed by atoms with Gasteiger partial charge in [0.25, 0.3) is 0 Å². The number of carbonyl (C=O) groups is 2. The van der Waals surface area contributed by atoms with Gasteiger partial charge >= 0.3 is 0 Å². The molecule has 0 aliphatic rings. The van der Waals surface area contributed by atoms with E-state index in [0.29, 0.717) is 24.6 Å². The third kappa shape index (κ3) is 5.71. The molecule has 1 aromatic carbocycles. The first-order valence-corrected chi connectivity index (χ1v) is 6.36. The van der Waals surface area contributed by atoms with Crippen molar-refractivity contribution in [2.75, 3.05) is 18.5 Å². The molecule has 1 rings (SSSR count). The largest absolute Gasteiger partial charge is 0.492 e. The molecule has 0 spiro atoms. The number of hydrogen-bond donors (Lipinski definition) is 3. The van der Waals surface area contributed by atoms with Crippen LogP contribution in [0, 0.1) is 0 Å². The number of hydrogen-bond acceptors (Lipinski definition) is 4. The number of carbonyl (C=O) groups excluding carboxylic acids is 2. The predicted octanol–water partition coefficient (Wildman–Crippen LogP) is 0.877. The highest BCUT2D eigenvalue weighted by molar-refractivity contribution is 5.88. The summed E-state index contributed by atoms with van der Waals surface area (Å²) in [4.78, 5) is 22.5. The number of anilines is 1. The van der Waals surface area contributed by atoms with Crippen molar-refractivity contribution < 1.29 is 14.3 Å². The highest BCUT2D eigenvalue weighted by Gasteiger charge is 2.20. The SMILES string of the molecule is CC(=O)Nc1cccc(OCCNC(=O)C(C)(C)N)c1. The van der Waals surface area contributed by atoms with E-state index < -0.39 is 5.54 Å². The second-order valence-corrected chi connectivity index (χ2v) is 5.04. The Hall–Kier alpha value is -2.08. The molecule has 6 heteroatoms. The molecule has 1 aromatic rings. The van der Waals surface area contributed by atoms with Gasteiger partial charge in [-0.3, -0.25) is 9.59 Å². The number of benzene rings is 1. The van der Waals surface area contributed by atoms with E-state index in [2.05, 4.69) is 10.6 Å². The van der Waals surface area contributed by atoms with Gasteiger partial charge < -0.3 is 21.1 Å². The highest BCUT2D eigenvalue weighted by atomic mass is 16.5. The number of nitrogens with one attached hydrogen (secondary N) is 2. The maximum absolute atomic E-state index is 11.5. The summed E-state index contributed by atoms with van der Waals surface area (Å²) < 4.78 is 5.48. The van der Waals surface area contributed by atoms with E-state index in [9.17, 15) is 9.59 Å². The van der Waals surface area contributed by atoms with Gasteiger partial charge in [-0.25, -0.2) is 0 Å². The first-order chi connectivity index (χ1) is 9.29. The van der Waals surface area contributed by atoms with E-state index in [1.54, 1.807) is 38.1 Å². The molecule has 0 aliphatic carbocycles. The van der Waals surface area contributed by atoms with E-state index in [1.807, 2.05) is 0 Å². The van der Waals surface area contributed by atoms with Gasteiger partial charge in [0.15, 0.2) is 0 Å². The van der Waals surface area contributed by atoms with Crippen molar-refractivity contribution >= 4 is 17.5 Å². The standard InChI is InChI=1S/C14H21N3O3/c1-10(18)17-11-5-4-6-12(9-11)20-8-7-16-13(19)14(2,3)15/h4-6,9H,7-8,15H2,1-3H3,(H,16,19)(H,17,18). The second kappa shape index (κ2) is 6.91. The van der Waals surface area contributed by atoms with Gasteiger partial charge in [-0.05, 0) is 26.0 Å². The van der Waals surface area contributed by atoms with Crippen LogP contribution in [0.2, 0.25) is 0 Å². The summed E-state index contributed by atoms with van der Waals surface area (Å²) in [5.74, 6) is 0.255. The molecule has 110 valence electrons. The number of amides is 2. The Morgan fingerprint density at radius 1 is 1.35 bits per heavy atom. The Morgan fingerprint density at radius 3 is 2.65 bits per heavy atom. The molecule has 4 N–H and O–H groups in total. The van der Waals surface area contributed by atoms with Crippen LogP contribution in [0.1, 0.15) is 20.8 Å². The molecule has 0 saturated carbocycles. The highest BCUT2D eigenvalue weighted by Crippen LogP contribution is 2.16. The Kier molecular flexibility index (Phi) is 5.52. The fourth-order valence-corrected chi connectivity index (χ4v) is 1.43. The molecule has 0 bridgehead atoms. The topological polar surface area (TPSA) is 93.5 Å². The summed E-state index contributed by atoms with van der Waals surface area (Å²) in [6, 6.07) is 7.05. The lowest BCUT2D eigenvalue weighted by atomic mass is 10.1. The molecule has 0 aromatic heterocycles. The number of ether oxygens (including phenoxy) is 1. The molecule has 0 saturated heterocycles. The van der Waals surface area contributed by atoms with E-state index in [-0.39, 0.29) is 11.8 Å². The zero-order valence-electron chi connectivity index (χ0n) is 12.0. The summed E-state index contributed by atoms with van der Waals surface area (Å²) in [5.41, 5.74) is 5.42. The molecule has 0 heterocycles. The van der Waals surface area contributed by atoms with Gasteiger partial charge in [0, 0.05) is 18.7 Å². The van der Waals surface area contributed by atoms with Gasteiger partial charge in [-0.15, -0.1) is 0 Å². The van der Waals surface area contributed by atoms with Crippen molar-refractivity contribution in [1.29, 1.82) is 0 Å². The normalized spacial score (nSPS) is 10.8. The van der Waals surface area contributed by atoms with Gasteiger partial charge in [0.05, 0.1) is 12.1 Å². The minimum Gasteiger partial charge on any atom is -0.492 e. The lowest BCUT2D eigenvalue weighted by molar-refractivity contribution is -0.125. The number of nitrogens with two attached hydrogens (primary N) is 1. The Labute approximate surface area is 118 Å². The fraction of sp³-hybridized carbons (Fsp3) is 0.429. The molecule has 2 amide bonds. The van der Waals surface area contributed by atoms with Crippen LogP contribution in [0.5, 0.6) is 5.75 Å². The molecular formula is C14H21N3O3. The van der Waals surface area contributed by atoms with Crippen molar-refractivity contribution in [3.05, 3.63) is 24.3 Å². The Morgan fingerprint density at radius 2 is 2.05 bits per heavy atom. The van der Waals surface area contributed by atoms with E-state index in [4.69, 9.17) is 10.5 Å². The van der Waals surface area contributed by atoms with Crippen molar-refractivity contribution in [3.8, 4) is 5.75 Å². The number of rotatable bonds is 6. The molecule has 0 unspecified atom stereocenters. The third-order valence-electron chi connectivity index (χ3n) is 2.40. The summed E-state index contributed by atoms with van der Waals surface area (Å²) in [6.45, 7) is 5.41.